The Morgan fingerprint density at radius 2 is 2.15 bits per heavy atom. The van der Waals surface area contributed by atoms with Gasteiger partial charge in [0.15, 0.2) is 5.82 Å². The third-order valence-corrected chi connectivity index (χ3v) is 3.73. The molecule has 0 radical (unpaired) electrons. The van der Waals surface area contributed by atoms with Crippen LogP contribution in [-0.4, -0.2) is 23.4 Å². The molecular weight excluding hydrogens is 254 g/mol. The van der Waals surface area contributed by atoms with E-state index in [1.807, 2.05) is 26.0 Å². The van der Waals surface area contributed by atoms with Crippen LogP contribution in [0.3, 0.4) is 0 Å². The predicted octanol–water partition coefficient (Wildman–Crippen LogP) is 2.83. The van der Waals surface area contributed by atoms with Crippen LogP contribution in [0.5, 0.6) is 0 Å². The lowest BCUT2D eigenvalue weighted by Crippen LogP contribution is -2.16. The fraction of sp³-hybridized carbons (Fsp3) is 0.467. The van der Waals surface area contributed by atoms with Crippen molar-refractivity contribution in [2.24, 2.45) is 0 Å². The molecule has 0 saturated carbocycles. The van der Waals surface area contributed by atoms with E-state index in [1.165, 1.54) is 0 Å². The molecule has 2 heterocycles. The van der Waals surface area contributed by atoms with Crippen LogP contribution in [-0.2, 0) is 4.74 Å². The molecule has 0 amide bonds. The highest BCUT2D eigenvalue weighted by molar-refractivity contribution is 5.74. The largest absolute Gasteiger partial charge is 0.398 e. The minimum atomic E-state index is 0.230. The maximum Gasteiger partial charge on any atom is 0.260 e. The summed E-state index contributed by atoms with van der Waals surface area (Å²) in [6.07, 6.45) is 2.08. The van der Waals surface area contributed by atoms with Gasteiger partial charge in [-0.25, -0.2) is 0 Å². The first-order valence-corrected chi connectivity index (χ1v) is 6.93. The first-order chi connectivity index (χ1) is 9.65. The predicted molar refractivity (Wildman–Crippen MR) is 76.4 cm³/mol. The summed E-state index contributed by atoms with van der Waals surface area (Å²) in [5.41, 5.74) is 9.80. The topological polar surface area (TPSA) is 74.2 Å². The average molecular weight is 273 g/mol. The van der Waals surface area contributed by atoms with Gasteiger partial charge in [-0.15, -0.1) is 0 Å². The van der Waals surface area contributed by atoms with Crippen molar-refractivity contribution in [1.82, 2.24) is 10.1 Å². The van der Waals surface area contributed by atoms with Crippen LogP contribution in [0, 0.1) is 13.8 Å². The van der Waals surface area contributed by atoms with E-state index in [9.17, 15) is 0 Å². The lowest BCUT2D eigenvalue weighted by Gasteiger charge is -2.18. The highest BCUT2D eigenvalue weighted by atomic mass is 16.5. The van der Waals surface area contributed by atoms with Crippen molar-refractivity contribution >= 4 is 5.69 Å². The Balaban J connectivity index is 1.93. The molecule has 0 aliphatic carbocycles. The number of rotatable bonds is 2. The van der Waals surface area contributed by atoms with E-state index in [0.29, 0.717) is 18.2 Å². The number of hydrogen-bond donors (Lipinski definition) is 1. The maximum absolute atomic E-state index is 6.12. The lowest BCUT2D eigenvalue weighted by atomic mass is 10.0. The average Bonchev–Trinajstić information content (AvgIpc) is 2.93. The molecule has 1 aromatic carbocycles. The van der Waals surface area contributed by atoms with Gasteiger partial charge in [0, 0.05) is 18.2 Å². The van der Waals surface area contributed by atoms with Gasteiger partial charge in [0.25, 0.3) is 5.89 Å². The monoisotopic (exact) mass is 273 g/mol. The highest BCUT2D eigenvalue weighted by Crippen LogP contribution is 2.31. The smallest absolute Gasteiger partial charge is 0.260 e. The fourth-order valence-corrected chi connectivity index (χ4v) is 2.61. The van der Waals surface area contributed by atoms with Crippen molar-refractivity contribution in [3.63, 3.8) is 0 Å². The number of nitrogens with zero attached hydrogens (tertiary/aromatic N) is 2. The molecule has 1 unspecified atom stereocenters. The first-order valence-electron chi connectivity index (χ1n) is 6.93. The second kappa shape index (κ2) is 5.25. The summed E-state index contributed by atoms with van der Waals surface area (Å²) < 4.78 is 10.9. The van der Waals surface area contributed by atoms with E-state index >= 15 is 0 Å². The molecule has 1 aliphatic heterocycles. The first kappa shape index (κ1) is 13.1. The van der Waals surface area contributed by atoms with Crippen LogP contribution < -0.4 is 5.73 Å². The quantitative estimate of drug-likeness (QED) is 0.852. The van der Waals surface area contributed by atoms with Crippen LogP contribution in [0.2, 0.25) is 0 Å². The van der Waals surface area contributed by atoms with Gasteiger partial charge in [-0.05, 0) is 43.9 Å². The highest BCUT2D eigenvalue weighted by Gasteiger charge is 2.22. The van der Waals surface area contributed by atoms with Crippen molar-refractivity contribution in [1.29, 1.82) is 0 Å². The van der Waals surface area contributed by atoms with Gasteiger partial charge < -0.3 is 15.0 Å². The number of aryl methyl sites for hydroxylation is 2. The van der Waals surface area contributed by atoms with Gasteiger partial charge in [-0.2, -0.15) is 4.98 Å². The van der Waals surface area contributed by atoms with E-state index in [0.717, 1.165) is 42.0 Å². The van der Waals surface area contributed by atoms with Crippen LogP contribution >= 0.6 is 0 Å². The molecule has 1 fully saturated rings. The molecule has 1 aromatic heterocycles. The zero-order chi connectivity index (χ0) is 14.1. The van der Waals surface area contributed by atoms with Crippen molar-refractivity contribution in [2.45, 2.75) is 32.6 Å². The van der Waals surface area contributed by atoms with E-state index in [1.54, 1.807) is 0 Å². The summed E-state index contributed by atoms with van der Waals surface area (Å²) >= 11 is 0. The molecule has 0 spiro atoms. The lowest BCUT2D eigenvalue weighted by molar-refractivity contribution is 0.0773. The SMILES string of the molecule is Cc1cc(C)c(N)c(-c2nc(C3CCCOC3)no2)c1. The van der Waals surface area contributed by atoms with Gasteiger partial charge in [0.05, 0.1) is 12.2 Å². The molecule has 5 nitrogen and oxygen atoms in total. The number of anilines is 1. The Kier molecular flexibility index (Phi) is 3.44. The number of benzene rings is 1. The normalized spacial score (nSPS) is 19.2. The number of ether oxygens (including phenoxy) is 1. The van der Waals surface area contributed by atoms with Crippen molar-refractivity contribution < 1.29 is 9.26 Å². The molecule has 2 aromatic rings. The van der Waals surface area contributed by atoms with Crippen molar-refractivity contribution in [3.8, 4) is 11.5 Å². The molecule has 2 N–H and O–H groups in total. The summed E-state index contributed by atoms with van der Waals surface area (Å²) in [6.45, 7) is 5.51. The third kappa shape index (κ3) is 2.41. The molecule has 1 atom stereocenters. The summed E-state index contributed by atoms with van der Waals surface area (Å²) in [7, 11) is 0. The minimum Gasteiger partial charge on any atom is -0.398 e. The van der Waals surface area contributed by atoms with Crippen LogP contribution in [0.15, 0.2) is 16.7 Å². The van der Waals surface area contributed by atoms with Gasteiger partial charge in [-0.1, -0.05) is 11.2 Å². The molecule has 106 valence electrons. The molecule has 20 heavy (non-hydrogen) atoms. The van der Waals surface area contributed by atoms with E-state index in [4.69, 9.17) is 15.0 Å². The van der Waals surface area contributed by atoms with Crippen LogP contribution in [0.25, 0.3) is 11.5 Å². The molecule has 5 heteroatoms. The Hall–Kier alpha value is -1.88. The summed E-state index contributed by atoms with van der Waals surface area (Å²) in [5.74, 6) is 1.45. The molecule has 3 rings (SSSR count). The van der Waals surface area contributed by atoms with E-state index < -0.39 is 0 Å². The van der Waals surface area contributed by atoms with Crippen molar-refractivity contribution in [2.75, 3.05) is 18.9 Å². The Morgan fingerprint density at radius 1 is 1.30 bits per heavy atom. The fourth-order valence-electron chi connectivity index (χ4n) is 2.61. The zero-order valence-electron chi connectivity index (χ0n) is 11.8. The van der Waals surface area contributed by atoms with Crippen LogP contribution in [0.4, 0.5) is 5.69 Å². The Morgan fingerprint density at radius 3 is 2.90 bits per heavy atom. The summed E-state index contributed by atoms with van der Waals surface area (Å²) in [6, 6.07) is 4.03. The minimum absolute atomic E-state index is 0.230. The maximum atomic E-state index is 6.12. The standard InChI is InChI=1S/C15H19N3O2/c1-9-6-10(2)13(16)12(7-9)15-17-14(18-20-15)11-4-3-5-19-8-11/h6-7,11H,3-5,8,16H2,1-2H3. The molecular formula is C15H19N3O2. The van der Waals surface area contributed by atoms with Gasteiger partial charge in [0.1, 0.15) is 0 Å². The number of hydrogen-bond acceptors (Lipinski definition) is 5. The number of aromatic nitrogens is 2. The van der Waals surface area contributed by atoms with Crippen LogP contribution in [0.1, 0.15) is 35.7 Å². The molecule has 1 saturated heterocycles. The summed E-state index contributed by atoms with van der Waals surface area (Å²) in [4.78, 5) is 4.51. The second-order valence-corrected chi connectivity index (χ2v) is 5.41. The zero-order valence-corrected chi connectivity index (χ0v) is 11.8. The number of nitrogen functional groups attached to an aromatic ring is 1. The number of nitrogens with two attached hydrogens (primary N) is 1. The van der Waals surface area contributed by atoms with Gasteiger partial charge in [0.2, 0.25) is 0 Å². The Labute approximate surface area is 118 Å². The van der Waals surface area contributed by atoms with Gasteiger partial charge >= 0.3 is 0 Å². The Bertz CT molecular complexity index is 616. The van der Waals surface area contributed by atoms with Crippen molar-refractivity contribution in [3.05, 3.63) is 29.1 Å². The molecule has 1 aliphatic rings. The van der Waals surface area contributed by atoms with E-state index in [-0.39, 0.29) is 5.92 Å². The third-order valence-electron chi connectivity index (χ3n) is 3.73. The van der Waals surface area contributed by atoms with E-state index in [2.05, 4.69) is 10.1 Å². The second-order valence-electron chi connectivity index (χ2n) is 5.41. The van der Waals surface area contributed by atoms with Gasteiger partial charge in [-0.3, -0.25) is 0 Å². The molecule has 0 bridgehead atoms. The summed E-state index contributed by atoms with van der Waals surface area (Å²) in [5, 5.41) is 4.10.